The van der Waals surface area contributed by atoms with Gasteiger partial charge in [-0.3, -0.25) is 0 Å². The largest absolute Gasteiger partial charge is 0.243 e. The summed E-state index contributed by atoms with van der Waals surface area (Å²) >= 11 is 0. The number of sulfone groups is 1. The summed E-state index contributed by atoms with van der Waals surface area (Å²) in [5.41, 5.74) is 6.66. The van der Waals surface area contributed by atoms with Crippen molar-refractivity contribution in [2.24, 2.45) is 0 Å². The van der Waals surface area contributed by atoms with Gasteiger partial charge in [0.25, 0.3) is 0 Å². The standard InChI is InChI=1S/C25H27NO4S2/c1-17-13-18(2)25(19(3)14-17)32(29,30)26-12-11-22-15-21(5-6-23(22)16-26)20-7-9-24(10-8-20)31(4,27)28/h5-10,13-15H,11-12,16H2,1-4H3. The fourth-order valence-electron chi connectivity index (χ4n) is 4.51. The molecule has 0 amide bonds. The predicted molar refractivity (Wildman–Crippen MR) is 127 cm³/mol. The molecule has 0 aromatic heterocycles. The van der Waals surface area contributed by atoms with Crippen molar-refractivity contribution < 1.29 is 16.8 Å². The Labute approximate surface area is 190 Å². The van der Waals surface area contributed by atoms with Crippen molar-refractivity contribution in [2.75, 3.05) is 12.8 Å². The molecule has 1 aliphatic rings. The second-order valence-electron chi connectivity index (χ2n) is 8.60. The number of sulfonamides is 1. The average molecular weight is 470 g/mol. The Morgan fingerprint density at radius 3 is 1.94 bits per heavy atom. The molecule has 0 unspecified atom stereocenters. The van der Waals surface area contributed by atoms with Crippen LogP contribution in [0.3, 0.4) is 0 Å². The summed E-state index contributed by atoms with van der Waals surface area (Å²) in [5.74, 6) is 0. The lowest BCUT2D eigenvalue weighted by Crippen LogP contribution is -2.36. The fourth-order valence-corrected chi connectivity index (χ4v) is 6.97. The molecular formula is C25H27NO4S2. The number of hydrogen-bond acceptors (Lipinski definition) is 4. The van der Waals surface area contributed by atoms with Gasteiger partial charge < -0.3 is 0 Å². The minimum absolute atomic E-state index is 0.293. The highest BCUT2D eigenvalue weighted by atomic mass is 32.2. The van der Waals surface area contributed by atoms with Crippen molar-refractivity contribution in [1.29, 1.82) is 0 Å². The van der Waals surface area contributed by atoms with Gasteiger partial charge in [-0.1, -0.05) is 48.0 Å². The summed E-state index contributed by atoms with van der Waals surface area (Å²) in [7, 11) is -6.82. The Kier molecular flexibility index (Phi) is 5.77. The molecule has 0 N–H and O–H groups in total. The summed E-state index contributed by atoms with van der Waals surface area (Å²) in [5, 5.41) is 0. The van der Waals surface area contributed by atoms with Gasteiger partial charge in [0.2, 0.25) is 10.0 Å². The third-order valence-corrected chi connectivity index (χ3v) is 9.28. The molecular weight excluding hydrogens is 442 g/mol. The van der Waals surface area contributed by atoms with E-state index in [9.17, 15) is 16.8 Å². The van der Waals surface area contributed by atoms with E-state index in [2.05, 4.69) is 6.07 Å². The molecule has 32 heavy (non-hydrogen) atoms. The monoisotopic (exact) mass is 469 g/mol. The molecule has 5 nitrogen and oxygen atoms in total. The first-order valence-electron chi connectivity index (χ1n) is 10.5. The van der Waals surface area contributed by atoms with E-state index in [0.717, 1.165) is 38.9 Å². The number of aryl methyl sites for hydroxylation is 3. The van der Waals surface area contributed by atoms with Crippen LogP contribution in [-0.2, 0) is 32.8 Å². The Bertz CT molecular complexity index is 1380. The third kappa shape index (κ3) is 4.25. The molecule has 168 valence electrons. The minimum Gasteiger partial charge on any atom is -0.224 e. The highest BCUT2D eigenvalue weighted by molar-refractivity contribution is 7.90. The van der Waals surface area contributed by atoms with Gasteiger partial charge in [0.1, 0.15) is 0 Å². The van der Waals surface area contributed by atoms with E-state index in [1.807, 2.05) is 45.0 Å². The smallest absolute Gasteiger partial charge is 0.224 e. The predicted octanol–water partition coefficient (Wildman–Crippen LogP) is 4.43. The van der Waals surface area contributed by atoms with Gasteiger partial charge in [-0.25, -0.2) is 16.8 Å². The van der Waals surface area contributed by atoms with Crippen LogP contribution in [0.2, 0.25) is 0 Å². The maximum atomic E-state index is 13.4. The molecule has 0 bridgehead atoms. The van der Waals surface area contributed by atoms with E-state index in [1.165, 1.54) is 6.26 Å². The Balaban J connectivity index is 1.62. The first-order valence-corrected chi connectivity index (χ1v) is 13.8. The molecule has 0 atom stereocenters. The summed E-state index contributed by atoms with van der Waals surface area (Å²) in [6.07, 6.45) is 1.83. The molecule has 0 saturated heterocycles. The van der Waals surface area contributed by atoms with Gasteiger partial charge in [0, 0.05) is 19.3 Å². The van der Waals surface area contributed by atoms with Crippen LogP contribution in [0.4, 0.5) is 0 Å². The fraction of sp³-hybridized carbons (Fsp3) is 0.280. The maximum absolute atomic E-state index is 13.4. The lowest BCUT2D eigenvalue weighted by atomic mass is 9.95. The van der Waals surface area contributed by atoms with Crippen molar-refractivity contribution in [2.45, 2.75) is 43.5 Å². The van der Waals surface area contributed by atoms with E-state index in [4.69, 9.17) is 0 Å². The zero-order valence-electron chi connectivity index (χ0n) is 18.7. The Morgan fingerprint density at radius 2 is 1.34 bits per heavy atom. The summed E-state index contributed by atoms with van der Waals surface area (Å²) in [6.45, 7) is 6.45. The van der Waals surface area contributed by atoms with Crippen molar-refractivity contribution >= 4 is 19.9 Å². The zero-order valence-corrected chi connectivity index (χ0v) is 20.3. The summed E-state index contributed by atoms with van der Waals surface area (Å²) < 4.78 is 51.8. The molecule has 0 saturated carbocycles. The van der Waals surface area contributed by atoms with Crippen LogP contribution in [0, 0.1) is 20.8 Å². The number of hydrogen-bond donors (Lipinski definition) is 0. The van der Waals surface area contributed by atoms with Gasteiger partial charge in [0.05, 0.1) is 9.79 Å². The lowest BCUT2D eigenvalue weighted by molar-refractivity contribution is 0.391. The highest BCUT2D eigenvalue weighted by Crippen LogP contribution is 2.31. The van der Waals surface area contributed by atoms with Gasteiger partial charge in [-0.05, 0) is 72.7 Å². The van der Waals surface area contributed by atoms with Crippen LogP contribution < -0.4 is 0 Å². The second kappa shape index (κ2) is 8.14. The van der Waals surface area contributed by atoms with Crippen LogP contribution in [-0.4, -0.2) is 33.9 Å². The summed E-state index contributed by atoms with van der Waals surface area (Å²) in [4.78, 5) is 0.705. The van der Waals surface area contributed by atoms with Gasteiger partial charge >= 0.3 is 0 Å². The minimum atomic E-state index is -3.59. The molecule has 1 heterocycles. The van der Waals surface area contributed by atoms with Crippen LogP contribution in [0.25, 0.3) is 11.1 Å². The Morgan fingerprint density at radius 1 is 0.750 bits per heavy atom. The Hall–Kier alpha value is -2.48. The molecule has 0 fully saturated rings. The van der Waals surface area contributed by atoms with Crippen molar-refractivity contribution in [1.82, 2.24) is 4.31 Å². The third-order valence-electron chi connectivity index (χ3n) is 6.00. The number of benzene rings is 3. The second-order valence-corrected chi connectivity index (χ2v) is 12.5. The maximum Gasteiger partial charge on any atom is 0.243 e. The quantitative estimate of drug-likeness (QED) is 0.567. The highest BCUT2D eigenvalue weighted by Gasteiger charge is 2.31. The van der Waals surface area contributed by atoms with E-state index in [-0.39, 0.29) is 0 Å². The number of fused-ring (bicyclic) bond motifs is 1. The van der Waals surface area contributed by atoms with Crippen molar-refractivity contribution in [3.05, 3.63) is 82.4 Å². The number of rotatable bonds is 4. The van der Waals surface area contributed by atoms with E-state index in [1.54, 1.807) is 28.6 Å². The van der Waals surface area contributed by atoms with Crippen LogP contribution in [0.1, 0.15) is 27.8 Å². The van der Waals surface area contributed by atoms with E-state index < -0.39 is 19.9 Å². The SMILES string of the molecule is Cc1cc(C)c(S(=O)(=O)N2CCc3cc(-c4ccc(S(C)(=O)=O)cc4)ccc3C2)c(C)c1. The molecule has 0 aliphatic carbocycles. The van der Waals surface area contributed by atoms with Crippen molar-refractivity contribution in [3.8, 4) is 11.1 Å². The zero-order chi connectivity index (χ0) is 23.3. The summed E-state index contributed by atoms with van der Waals surface area (Å²) in [6, 6.07) is 16.7. The van der Waals surface area contributed by atoms with Crippen LogP contribution >= 0.6 is 0 Å². The molecule has 3 aromatic rings. The molecule has 0 radical (unpaired) electrons. The molecule has 7 heteroatoms. The topological polar surface area (TPSA) is 71.5 Å². The van der Waals surface area contributed by atoms with Crippen LogP contribution in [0.15, 0.2) is 64.4 Å². The lowest BCUT2D eigenvalue weighted by Gasteiger charge is -2.29. The normalized spacial score (nSPS) is 14.9. The van der Waals surface area contributed by atoms with Gasteiger partial charge in [-0.2, -0.15) is 4.31 Å². The van der Waals surface area contributed by atoms with E-state index in [0.29, 0.717) is 29.3 Å². The number of nitrogens with zero attached hydrogens (tertiary/aromatic N) is 1. The van der Waals surface area contributed by atoms with Gasteiger partial charge in [-0.15, -0.1) is 0 Å². The van der Waals surface area contributed by atoms with E-state index >= 15 is 0 Å². The van der Waals surface area contributed by atoms with Crippen LogP contribution in [0.5, 0.6) is 0 Å². The molecule has 0 spiro atoms. The average Bonchev–Trinajstić information content (AvgIpc) is 2.71. The van der Waals surface area contributed by atoms with Crippen molar-refractivity contribution in [3.63, 3.8) is 0 Å². The molecule has 4 rings (SSSR count). The first kappa shape index (κ1) is 22.7. The van der Waals surface area contributed by atoms with Gasteiger partial charge in [0.15, 0.2) is 9.84 Å². The first-order chi connectivity index (χ1) is 15.0. The molecule has 1 aliphatic heterocycles. The molecule has 3 aromatic carbocycles.